The Hall–Kier alpha value is -1.56. The zero-order valence-corrected chi connectivity index (χ0v) is 14.1. The molecule has 0 saturated carbocycles. The van der Waals surface area contributed by atoms with Crippen LogP contribution >= 0.6 is 34.8 Å². The van der Waals surface area contributed by atoms with Gasteiger partial charge >= 0.3 is 5.97 Å². The SMILES string of the molecule is COC(=O)C(=N)/C(=C\C(=N)Cl)N[C@H](C)c1ccc(Cl)cc1Cl. The van der Waals surface area contributed by atoms with E-state index in [2.05, 4.69) is 10.1 Å². The Bertz CT molecular complexity index is 644. The summed E-state index contributed by atoms with van der Waals surface area (Å²) in [5.41, 5.74) is 0.339. The Morgan fingerprint density at radius 2 is 2.00 bits per heavy atom. The highest BCUT2D eigenvalue weighted by Gasteiger charge is 2.19. The molecule has 0 saturated heterocycles. The van der Waals surface area contributed by atoms with Gasteiger partial charge in [-0.2, -0.15) is 0 Å². The van der Waals surface area contributed by atoms with Crippen LogP contribution in [-0.2, 0) is 9.53 Å². The number of esters is 1. The number of ether oxygens (including phenoxy) is 1. The van der Waals surface area contributed by atoms with Crippen molar-refractivity contribution in [2.75, 3.05) is 7.11 Å². The number of benzene rings is 1. The molecular formula is C14H14Cl3N3O2. The summed E-state index contributed by atoms with van der Waals surface area (Å²) < 4.78 is 4.50. The highest BCUT2D eigenvalue weighted by molar-refractivity contribution is 6.68. The van der Waals surface area contributed by atoms with Gasteiger partial charge in [0, 0.05) is 16.1 Å². The molecule has 0 aliphatic rings. The summed E-state index contributed by atoms with van der Waals surface area (Å²) in [6.07, 6.45) is 1.15. The Morgan fingerprint density at radius 3 is 2.50 bits per heavy atom. The summed E-state index contributed by atoms with van der Waals surface area (Å²) in [6.45, 7) is 1.78. The van der Waals surface area contributed by atoms with E-state index < -0.39 is 11.7 Å². The van der Waals surface area contributed by atoms with Crippen LogP contribution in [-0.4, -0.2) is 24.0 Å². The molecule has 0 aromatic heterocycles. The topological polar surface area (TPSA) is 86.0 Å². The van der Waals surface area contributed by atoms with Crippen LogP contribution in [0.25, 0.3) is 0 Å². The largest absolute Gasteiger partial charge is 0.464 e. The van der Waals surface area contributed by atoms with E-state index in [1.165, 1.54) is 7.11 Å². The van der Waals surface area contributed by atoms with E-state index >= 15 is 0 Å². The maximum Gasteiger partial charge on any atom is 0.358 e. The van der Waals surface area contributed by atoms with Crippen molar-refractivity contribution in [3.63, 3.8) is 0 Å². The monoisotopic (exact) mass is 361 g/mol. The van der Waals surface area contributed by atoms with Gasteiger partial charge < -0.3 is 10.1 Å². The number of carbonyl (C=O) groups excluding carboxylic acids is 1. The van der Waals surface area contributed by atoms with Gasteiger partial charge in [0.15, 0.2) is 5.71 Å². The van der Waals surface area contributed by atoms with E-state index in [-0.39, 0.29) is 16.9 Å². The van der Waals surface area contributed by atoms with Gasteiger partial charge in [0.05, 0.1) is 18.8 Å². The molecule has 118 valence electrons. The second-order valence-corrected chi connectivity index (χ2v) is 5.56. The van der Waals surface area contributed by atoms with E-state index in [0.29, 0.717) is 10.0 Å². The number of halogens is 3. The lowest BCUT2D eigenvalue weighted by atomic mass is 10.1. The summed E-state index contributed by atoms with van der Waals surface area (Å²) in [5, 5.41) is 18.6. The molecule has 1 rings (SSSR count). The van der Waals surface area contributed by atoms with Gasteiger partial charge in [-0.15, -0.1) is 0 Å². The molecule has 0 heterocycles. The Kier molecular flexibility index (Phi) is 6.87. The first kappa shape index (κ1) is 18.5. The molecule has 3 N–H and O–H groups in total. The third kappa shape index (κ3) is 5.02. The van der Waals surface area contributed by atoms with Crippen LogP contribution in [0.1, 0.15) is 18.5 Å². The number of allylic oxidation sites excluding steroid dienone is 1. The van der Waals surface area contributed by atoms with Crippen LogP contribution < -0.4 is 5.32 Å². The highest BCUT2D eigenvalue weighted by Crippen LogP contribution is 2.26. The second-order valence-electron chi connectivity index (χ2n) is 4.30. The molecule has 0 fully saturated rings. The van der Waals surface area contributed by atoms with Gasteiger partial charge in [-0.25, -0.2) is 4.79 Å². The van der Waals surface area contributed by atoms with Crippen LogP contribution in [0.4, 0.5) is 0 Å². The average molecular weight is 363 g/mol. The molecule has 1 aromatic rings. The fraction of sp³-hybridized carbons (Fsp3) is 0.214. The van der Waals surface area contributed by atoms with E-state index in [4.69, 9.17) is 45.6 Å². The summed E-state index contributed by atoms with van der Waals surface area (Å²) in [7, 11) is 1.17. The average Bonchev–Trinajstić information content (AvgIpc) is 2.44. The Labute approximate surface area is 143 Å². The maximum absolute atomic E-state index is 11.5. The van der Waals surface area contributed by atoms with E-state index in [1.54, 1.807) is 25.1 Å². The van der Waals surface area contributed by atoms with Crippen molar-refractivity contribution in [1.82, 2.24) is 5.32 Å². The lowest BCUT2D eigenvalue weighted by Gasteiger charge is -2.19. The third-order valence-corrected chi connectivity index (χ3v) is 3.40. The summed E-state index contributed by atoms with van der Waals surface area (Å²) in [6, 6.07) is 4.65. The molecule has 1 atom stereocenters. The molecule has 5 nitrogen and oxygen atoms in total. The van der Waals surface area contributed by atoms with E-state index in [0.717, 1.165) is 11.6 Å². The van der Waals surface area contributed by atoms with Crippen molar-refractivity contribution in [3.05, 3.63) is 45.6 Å². The zero-order valence-electron chi connectivity index (χ0n) is 11.8. The summed E-state index contributed by atoms with van der Waals surface area (Å²) in [5.74, 6) is -0.842. The molecule has 0 aliphatic carbocycles. The molecule has 8 heteroatoms. The minimum atomic E-state index is -0.842. The fourth-order valence-corrected chi connectivity index (χ4v) is 2.37. The quantitative estimate of drug-likeness (QED) is 0.529. The van der Waals surface area contributed by atoms with Gasteiger partial charge in [0.25, 0.3) is 0 Å². The molecule has 0 radical (unpaired) electrons. The first-order valence-corrected chi connectivity index (χ1v) is 7.24. The lowest BCUT2D eigenvalue weighted by molar-refractivity contribution is -0.132. The number of hydrogen-bond donors (Lipinski definition) is 3. The maximum atomic E-state index is 11.5. The fourth-order valence-electron chi connectivity index (χ4n) is 1.69. The van der Waals surface area contributed by atoms with Gasteiger partial charge in [-0.3, -0.25) is 10.8 Å². The summed E-state index contributed by atoms with van der Waals surface area (Å²) >= 11 is 17.5. The molecule has 1 aromatic carbocycles. The predicted octanol–water partition coefficient (Wildman–Crippen LogP) is 3.94. The van der Waals surface area contributed by atoms with Crippen LogP contribution in [0.2, 0.25) is 10.0 Å². The minimum Gasteiger partial charge on any atom is -0.464 e. The highest BCUT2D eigenvalue weighted by atomic mass is 35.5. The first-order valence-electron chi connectivity index (χ1n) is 6.10. The van der Waals surface area contributed by atoms with E-state index in [9.17, 15) is 4.79 Å². The number of carbonyl (C=O) groups is 1. The first-order chi connectivity index (χ1) is 10.3. The normalized spacial score (nSPS) is 12.5. The van der Waals surface area contributed by atoms with Gasteiger partial charge in [0.1, 0.15) is 5.17 Å². The standard InChI is InChI=1S/C14H14Cl3N3O2/c1-7(9-4-3-8(15)5-10(9)16)20-11(6-12(17)18)13(19)14(21)22-2/h3-7,18-20H,1-2H3/b11-6+,18-12?,19-13?/t7-/m1/s1. The van der Waals surface area contributed by atoms with Crippen molar-refractivity contribution in [1.29, 1.82) is 10.8 Å². The van der Waals surface area contributed by atoms with Crippen LogP contribution in [0.5, 0.6) is 0 Å². The molecule has 0 aliphatic heterocycles. The molecule has 0 bridgehead atoms. The number of hydrogen-bond acceptors (Lipinski definition) is 5. The lowest BCUT2D eigenvalue weighted by Crippen LogP contribution is -2.29. The Balaban J connectivity index is 3.06. The summed E-state index contributed by atoms with van der Waals surface area (Å²) in [4.78, 5) is 11.5. The number of rotatable bonds is 6. The van der Waals surface area contributed by atoms with Crippen molar-refractivity contribution in [2.24, 2.45) is 0 Å². The molecule has 0 spiro atoms. The van der Waals surface area contributed by atoms with Crippen molar-refractivity contribution in [3.8, 4) is 0 Å². The molecular weight excluding hydrogens is 349 g/mol. The zero-order chi connectivity index (χ0) is 16.9. The van der Waals surface area contributed by atoms with Gasteiger partial charge in [-0.1, -0.05) is 40.9 Å². The number of methoxy groups -OCH3 is 1. The van der Waals surface area contributed by atoms with Crippen molar-refractivity contribution < 1.29 is 9.53 Å². The van der Waals surface area contributed by atoms with Gasteiger partial charge in [-0.05, 0) is 24.6 Å². The predicted molar refractivity (Wildman–Crippen MR) is 89.4 cm³/mol. The number of nitrogens with one attached hydrogen (secondary N) is 3. The van der Waals surface area contributed by atoms with Crippen LogP contribution in [0.15, 0.2) is 30.0 Å². The van der Waals surface area contributed by atoms with Crippen molar-refractivity contribution >= 4 is 51.7 Å². The molecule has 0 unspecified atom stereocenters. The van der Waals surface area contributed by atoms with Crippen LogP contribution in [0, 0.1) is 10.8 Å². The third-order valence-electron chi connectivity index (χ3n) is 2.73. The minimum absolute atomic E-state index is 0.0605. The van der Waals surface area contributed by atoms with E-state index in [1.807, 2.05) is 0 Å². The van der Waals surface area contributed by atoms with Gasteiger partial charge in [0.2, 0.25) is 0 Å². The molecule has 0 amide bonds. The molecule has 22 heavy (non-hydrogen) atoms. The van der Waals surface area contributed by atoms with Crippen molar-refractivity contribution in [2.45, 2.75) is 13.0 Å². The smallest absolute Gasteiger partial charge is 0.358 e. The van der Waals surface area contributed by atoms with Crippen LogP contribution in [0.3, 0.4) is 0 Å². The second kappa shape index (κ2) is 8.17. The Morgan fingerprint density at radius 1 is 1.36 bits per heavy atom.